The first-order chi connectivity index (χ1) is 12.7. The third-order valence-electron chi connectivity index (χ3n) is 4.85. The Morgan fingerprint density at radius 3 is 2.54 bits per heavy atom. The van der Waals surface area contributed by atoms with Crippen LogP contribution >= 0.6 is 15.9 Å². The second-order valence-electron chi connectivity index (χ2n) is 6.37. The highest BCUT2D eigenvalue weighted by molar-refractivity contribution is 9.10. The van der Waals surface area contributed by atoms with Gasteiger partial charge < -0.3 is 9.84 Å². The molecule has 1 aliphatic rings. The van der Waals surface area contributed by atoms with Crippen LogP contribution in [0.25, 0.3) is 11.4 Å². The van der Waals surface area contributed by atoms with Crippen LogP contribution in [0, 0.1) is 0 Å². The van der Waals surface area contributed by atoms with Crippen molar-refractivity contribution in [1.82, 2.24) is 20.4 Å². The van der Waals surface area contributed by atoms with Crippen LogP contribution < -0.4 is 5.32 Å². The van der Waals surface area contributed by atoms with Gasteiger partial charge in [-0.3, -0.25) is 9.78 Å². The molecule has 7 heteroatoms. The molecule has 0 atom stereocenters. The second-order valence-corrected chi connectivity index (χ2v) is 7.29. The molecule has 1 fully saturated rings. The van der Waals surface area contributed by atoms with Crippen molar-refractivity contribution >= 4 is 21.8 Å². The highest BCUT2D eigenvalue weighted by atomic mass is 79.9. The van der Waals surface area contributed by atoms with Crippen LogP contribution in [0.2, 0.25) is 0 Å². The van der Waals surface area contributed by atoms with Crippen molar-refractivity contribution in [2.24, 2.45) is 0 Å². The molecule has 4 rings (SSSR count). The van der Waals surface area contributed by atoms with Crippen molar-refractivity contribution in [3.05, 3.63) is 64.7 Å². The number of amides is 1. The minimum Gasteiger partial charge on any atom is -0.346 e. The lowest BCUT2D eigenvalue weighted by Crippen LogP contribution is -2.49. The van der Waals surface area contributed by atoms with E-state index in [-0.39, 0.29) is 12.5 Å². The lowest BCUT2D eigenvalue weighted by atomic mass is 9.64. The summed E-state index contributed by atoms with van der Waals surface area (Å²) in [6.45, 7) is 0.217. The Bertz CT molecular complexity index is 905. The Hall–Kier alpha value is -2.54. The van der Waals surface area contributed by atoms with Crippen LogP contribution in [0.5, 0.6) is 0 Å². The van der Waals surface area contributed by atoms with Crippen LogP contribution in [-0.2, 0) is 16.8 Å². The molecule has 2 aromatic heterocycles. The largest absolute Gasteiger partial charge is 0.346 e. The van der Waals surface area contributed by atoms with E-state index in [0.717, 1.165) is 34.9 Å². The predicted octanol–water partition coefficient (Wildman–Crippen LogP) is 3.63. The molecule has 0 spiro atoms. The molecule has 3 aromatic rings. The van der Waals surface area contributed by atoms with Gasteiger partial charge in [0.15, 0.2) is 0 Å². The Morgan fingerprint density at radius 1 is 1.15 bits per heavy atom. The number of carbonyl (C=O) groups excluding carboxylic acids is 1. The van der Waals surface area contributed by atoms with Gasteiger partial charge in [-0.05, 0) is 42.7 Å². The number of hydrogen-bond acceptors (Lipinski definition) is 5. The first kappa shape index (κ1) is 16.9. The number of halogens is 1. The van der Waals surface area contributed by atoms with Gasteiger partial charge in [0.05, 0.1) is 12.0 Å². The number of pyridine rings is 1. The van der Waals surface area contributed by atoms with Crippen molar-refractivity contribution in [2.75, 3.05) is 0 Å². The molecule has 1 aliphatic carbocycles. The molecule has 6 nitrogen and oxygen atoms in total. The maximum absolute atomic E-state index is 12.9. The molecule has 0 radical (unpaired) electrons. The number of hydrogen-bond donors (Lipinski definition) is 1. The van der Waals surface area contributed by atoms with E-state index in [4.69, 9.17) is 4.52 Å². The smallest absolute Gasteiger partial charge is 0.246 e. The maximum atomic E-state index is 12.9. The van der Waals surface area contributed by atoms with Gasteiger partial charge in [0.2, 0.25) is 17.6 Å². The molecule has 132 valence electrons. The van der Waals surface area contributed by atoms with E-state index in [1.807, 2.05) is 36.4 Å². The Morgan fingerprint density at radius 2 is 1.88 bits per heavy atom. The molecule has 0 unspecified atom stereocenters. The van der Waals surface area contributed by atoms with E-state index in [1.54, 1.807) is 12.4 Å². The van der Waals surface area contributed by atoms with E-state index < -0.39 is 5.41 Å². The van der Waals surface area contributed by atoms with Gasteiger partial charge in [-0.2, -0.15) is 4.98 Å². The third-order valence-corrected chi connectivity index (χ3v) is 5.37. The van der Waals surface area contributed by atoms with Gasteiger partial charge in [-0.1, -0.05) is 39.6 Å². The minimum atomic E-state index is -0.450. The molecule has 0 bridgehead atoms. The van der Waals surface area contributed by atoms with E-state index in [9.17, 15) is 4.79 Å². The van der Waals surface area contributed by atoms with E-state index in [2.05, 4.69) is 36.4 Å². The van der Waals surface area contributed by atoms with Crippen LogP contribution in [0.1, 0.15) is 30.7 Å². The summed E-state index contributed by atoms with van der Waals surface area (Å²) in [6, 6.07) is 11.6. The second kappa shape index (κ2) is 6.99. The first-order valence-electron chi connectivity index (χ1n) is 8.45. The van der Waals surface area contributed by atoms with Crippen molar-refractivity contribution in [2.45, 2.75) is 31.2 Å². The lowest BCUT2D eigenvalue weighted by Gasteiger charge is -2.40. The number of benzene rings is 1. The standard InChI is InChI=1S/C19H17BrN4O2/c20-15-4-2-14(3-5-15)19(8-1-9-19)18(25)22-12-16-23-17(24-26-16)13-6-10-21-11-7-13/h2-7,10-11H,1,8-9,12H2,(H,22,25). The molecule has 0 saturated heterocycles. The summed E-state index contributed by atoms with van der Waals surface area (Å²) in [5, 5.41) is 6.92. The molecule has 0 aliphatic heterocycles. The fraction of sp³-hybridized carbons (Fsp3) is 0.263. The molecule has 1 amide bonds. The monoisotopic (exact) mass is 412 g/mol. The van der Waals surface area contributed by atoms with Gasteiger partial charge in [-0.25, -0.2) is 0 Å². The molecular formula is C19H17BrN4O2. The van der Waals surface area contributed by atoms with Crippen molar-refractivity contribution in [3.63, 3.8) is 0 Å². The minimum absolute atomic E-state index is 0.00901. The highest BCUT2D eigenvalue weighted by Gasteiger charge is 2.45. The van der Waals surface area contributed by atoms with Gasteiger partial charge in [0.25, 0.3) is 0 Å². The van der Waals surface area contributed by atoms with Crippen LogP contribution in [0.4, 0.5) is 0 Å². The number of nitrogens with zero attached hydrogens (tertiary/aromatic N) is 3. The van der Waals surface area contributed by atoms with E-state index in [0.29, 0.717) is 11.7 Å². The Labute approximate surface area is 159 Å². The highest BCUT2D eigenvalue weighted by Crippen LogP contribution is 2.44. The molecule has 1 aromatic carbocycles. The Kier molecular flexibility index (Phi) is 4.55. The maximum Gasteiger partial charge on any atom is 0.246 e. The third kappa shape index (κ3) is 3.14. The SMILES string of the molecule is O=C(NCc1nc(-c2ccncc2)no1)C1(c2ccc(Br)cc2)CCC1. The van der Waals surface area contributed by atoms with Crippen LogP contribution in [0.15, 0.2) is 57.8 Å². The average molecular weight is 413 g/mol. The summed E-state index contributed by atoms with van der Waals surface area (Å²) < 4.78 is 6.26. The summed E-state index contributed by atoms with van der Waals surface area (Å²) in [6.07, 6.45) is 6.10. The van der Waals surface area contributed by atoms with E-state index >= 15 is 0 Å². The van der Waals surface area contributed by atoms with Gasteiger partial charge in [-0.15, -0.1) is 0 Å². The average Bonchev–Trinajstić information content (AvgIpc) is 3.10. The van der Waals surface area contributed by atoms with Crippen molar-refractivity contribution in [1.29, 1.82) is 0 Å². The normalized spacial score (nSPS) is 15.3. The summed E-state index contributed by atoms with van der Waals surface area (Å²) in [5.41, 5.74) is 1.42. The van der Waals surface area contributed by atoms with Crippen molar-refractivity contribution in [3.8, 4) is 11.4 Å². The quantitative estimate of drug-likeness (QED) is 0.691. The number of aromatic nitrogens is 3. The zero-order chi connectivity index (χ0) is 18.0. The molecule has 2 heterocycles. The number of carbonyl (C=O) groups is 1. The molecular weight excluding hydrogens is 396 g/mol. The van der Waals surface area contributed by atoms with E-state index in [1.165, 1.54) is 0 Å². The van der Waals surface area contributed by atoms with Gasteiger partial charge >= 0.3 is 0 Å². The topological polar surface area (TPSA) is 80.9 Å². The van der Waals surface area contributed by atoms with Crippen LogP contribution in [-0.4, -0.2) is 21.0 Å². The van der Waals surface area contributed by atoms with Gasteiger partial charge in [0, 0.05) is 22.4 Å². The summed E-state index contributed by atoms with van der Waals surface area (Å²) in [7, 11) is 0. The zero-order valence-corrected chi connectivity index (χ0v) is 15.6. The fourth-order valence-electron chi connectivity index (χ4n) is 3.22. The summed E-state index contributed by atoms with van der Waals surface area (Å²) >= 11 is 3.44. The van der Waals surface area contributed by atoms with Crippen molar-refractivity contribution < 1.29 is 9.32 Å². The summed E-state index contributed by atoms with van der Waals surface area (Å²) in [4.78, 5) is 21.2. The first-order valence-corrected chi connectivity index (χ1v) is 9.24. The lowest BCUT2D eigenvalue weighted by molar-refractivity contribution is -0.130. The van der Waals surface area contributed by atoms with Crippen LogP contribution in [0.3, 0.4) is 0 Å². The fourth-order valence-corrected chi connectivity index (χ4v) is 3.48. The molecule has 1 saturated carbocycles. The zero-order valence-electron chi connectivity index (χ0n) is 14.0. The number of rotatable bonds is 5. The predicted molar refractivity (Wildman–Crippen MR) is 99.0 cm³/mol. The molecule has 1 N–H and O–H groups in total. The summed E-state index contributed by atoms with van der Waals surface area (Å²) in [5.74, 6) is 0.882. The Balaban J connectivity index is 1.45. The van der Waals surface area contributed by atoms with Gasteiger partial charge in [0.1, 0.15) is 0 Å². The molecule has 26 heavy (non-hydrogen) atoms. The number of nitrogens with one attached hydrogen (secondary N) is 1.